The molecule has 4 aromatic carbocycles. The normalized spacial score (nSPS) is 17.0. The van der Waals surface area contributed by atoms with Gasteiger partial charge in [-0.3, -0.25) is 10.2 Å². The average molecular weight is 687 g/mol. The van der Waals surface area contributed by atoms with Crippen LogP contribution in [-0.4, -0.2) is 49.8 Å². The zero-order chi connectivity index (χ0) is 34.7. The number of nitrogens with zero attached hydrogens (tertiary/aromatic N) is 4. The number of benzene rings is 4. The minimum absolute atomic E-state index is 0.00937. The Kier molecular flexibility index (Phi) is 11.6. The van der Waals surface area contributed by atoms with Gasteiger partial charge in [0.2, 0.25) is 5.90 Å². The number of aliphatic hydroxyl groups excluding tert-OH is 1. The maximum Gasteiger partial charge on any atom is 0.266 e. The fraction of sp³-hybridized carbons (Fsp3) is 0.257. The molecule has 49 heavy (non-hydrogen) atoms. The number of sulfone groups is 1. The van der Waals surface area contributed by atoms with Gasteiger partial charge >= 0.3 is 0 Å². The minimum Gasteiger partial charge on any atom is -0.494 e. The van der Waals surface area contributed by atoms with Crippen LogP contribution >= 0.6 is 0 Å². The number of amides is 1. The van der Waals surface area contributed by atoms with Gasteiger partial charge in [0.05, 0.1) is 23.8 Å². The van der Waals surface area contributed by atoms with Crippen LogP contribution in [-0.2, 0) is 32.5 Å². The molecule has 0 aliphatic carbocycles. The Bertz CT molecular complexity index is 1940. The third-order valence-electron chi connectivity index (χ3n) is 7.96. The van der Waals surface area contributed by atoms with Gasteiger partial charge in [0.15, 0.2) is 21.5 Å². The van der Waals surface area contributed by atoms with E-state index < -0.39 is 39.0 Å². The highest BCUT2D eigenvalue weighted by Crippen LogP contribution is 2.44. The first kappa shape index (κ1) is 35.0. The number of nitrogens with one attached hydrogen (secondary N) is 2. The highest BCUT2D eigenvalue weighted by molar-refractivity contribution is 7.91. The number of hydrogen-bond donors (Lipinski definition) is 3. The van der Waals surface area contributed by atoms with Crippen molar-refractivity contribution < 1.29 is 32.2 Å². The molecule has 0 saturated heterocycles. The minimum atomic E-state index is -3.89. The lowest BCUT2D eigenvalue weighted by Crippen LogP contribution is -2.53. The van der Waals surface area contributed by atoms with Crippen LogP contribution in [0.1, 0.15) is 41.2 Å². The molecule has 0 fully saturated rings. The van der Waals surface area contributed by atoms with Crippen LogP contribution in [0.5, 0.6) is 5.75 Å². The molecule has 254 valence electrons. The van der Waals surface area contributed by atoms with Crippen molar-refractivity contribution in [1.29, 1.82) is 0 Å². The molecule has 12 nitrogen and oxygen atoms in total. The van der Waals surface area contributed by atoms with Gasteiger partial charge in [-0.2, -0.15) is 0 Å². The van der Waals surface area contributed by atoms with Gasteiger partial charge in [0.1, 0.15) is 11.6 Å². The monoisotopic (exact) mass is 686 g/mol. The van der Waals surface area contributed by atoms with Gasteiger partial charge in [-0.05, 0) is 59.1 Å². The number of carbonyl (C=O) groups is 1. The topological polar surface area (TPSA) is 175 Å². The lowest BCUT2D eigenvalue weighted by Gasteiger charge is -2.31. The molecular weight excluding hydrogens is 651 g/mol. The molecule has 0 unspecified atom stereocenters. The summed E-state index contributed by atoms with van der Waals surface area (Å²) >= 11 is 0. The van der Waals surface area contributed by atoms with Crippen molar-refractivity contribution in [2.24, 2.45) is 10.1 Å². The largest absolute Gasteiger partial charge is 0.494 e. The molecule has 3 N–H and O–H groups in total. The number of carbonyl (C=O) groups excluding carboxylic acids is 1. The van der Waals surface area contributed by atoms with E-state index in [1.54, 1.807) is 84.9 Å². The molecule has 4 aromatic rings. The number of aliphatic imine (C=N–C) groups is 1. The second kappa shape index (κ2) is 16.2. The summed E-state index contributed by atoms with van der Waals surface area (Å²) in [5.41, 5.74) is 14.4. The van der Waals surface area contributed by atoms with Crippen molar-refractivity contribution in [3.8, 4) is 5.75 Å². The number of halogens is 1. The molecule has 1 heterocycles. The zero-order valence-electron chi connectivity index (χ0n) is 26.4. The number of hydrogen-bond acceptors (Lipinski definition) is 9. The lowest BCUT2D eigenvalue weighted by atomic mass is 9.83. The Hall–Kier alpha value is -5.27. The lowest BCUT2D eigenvalue weighted by molar-refractivity contribution is -0.130. The summed E-state index contributed by atoms with van der Waals surface area (Å²) in [5.74, 6) is -1.03. The van der Waals surface area contributed by atoms with Crippen LogP contribution in [0.4, 0.5) is 4.39 Å². The van der Waals surface area contributed by atoms with E-state index in [4.69, 9.17) is 25.1 Å². The predicted octanol–water partition coefficient (Wildman–Crippen LogP) is 5.34. The van der Waals surface area contributed by atoms with Crippen LogP contribution in [0.3, 0.4) is 0 Å². The summed E-state index contributed by atoms with van der Waals surface area (Å²) in [4.78, 5) is 22.2. The van der Waals surface area contributed by atoms with Crippen LogP contribution in [0.2, 0.25) is 0 Å². The third kappa shape index (κ3) is 8.42. The molecule has 1 aliphatic heterocycles. The van der Waals surface area contributed by atoms with E-state index in [1.807, 2.05) is 0 Å². The number of azide groups is 1. The number of aliphatic hydroxyl groups is 1. The predicted molar refractivity (Wildman–Crippen MR) is 181 cm³/mol. The average Bonchev–Trinajstić information content (AvgIpc) is 3.52. The first-order valence-corrected chi connectivity index (χ1v) is 17.2. The van der Waals surface area contributed by atoms with Crippen molar-refractivity contribution in [3.63, 3.8) is 0 Å². The SMILES string of the molecule is [N-]=[N+]=NCc1ccccc1[C@@H]1OC(c2ccc(OCCCO)cc2)=N[C@]1(CCS(=O)(=O)c1ccccc1)C(=O)NNCc1ccccc1F. The molecular formula is C35H35FN6O6S. The second-order valence-electron chi connectivity index (χ2n) is 11.2. The Morgan fingerprint density at radius 1 is 1.00 bits per heavy atom. The number of rotatable bonds is 16. The van der Waals surface area contributed by atoms with Gasteiger partial charge in [-0.15, -0.1) is 0 Å². The van der Waals surface area contributed by atoms with E-state index in [-0.39, 0.29) is 36.9 Å². The smallest absolute Gasteiger partial charge is 0.266 e. The van der Waals surface area contributed by atoms with Crippen LogP contribution < -0.4 is 15.6 Å². The molecule has 2 atom stereocenters. The van der Waals surface area contributed by atoms with Crippen LogP contribution in [0.25, 0.3) is 10.4 Å². The molecule has 14 heteroatoms. The van der Waals surface area contributed by atoms with E-state index in [2.05, 4.69) is 20.9 Å². The Morgan fingerprint density at radius 2 is 1.69 bits per heavy atom. The van der Waals surface area contributed by atoms with Crippen molar-refractivity contribution in [2.45, 2.75) is 42.5 Å². The summed E-state index contributed by atoms with van der Waals surface area (Å²) in [6.45, 7) is 0.179. The summed E-state index contributed by atoms with van der Waals surface area (Å²) in [6.07, 6.45) is -0.999. The Morgan fingerprint density at radius 3 is 2.41 bits per heavy atom. The number of hydrazine groups is 1. The standard InChI is InChI=1S/C35H35FN6O6S/c36-31-14-7-5-10-27(31)24-38-41-34(44)35(19-22-49(45,46)29-11-2-1-3-12-29)32(30-13-6-4-9-26(30)23-39-42-37)48-33(40-35)25-15-17-28(18-16-25)47-21-8-20-43/h1-7,9-18,32,38,43H,8,19-24H2,(H,41,44)/t32-,35-/m0/s1. The van der Waals surface area contributed by atoms with Crippen LogP contribution in [0.15, 0.2) is 118 Å². The van der Waals surface area contributed by atoms with E-state index in [0.29, 0.717) is 41.0 Å². The maximum atomic E-state index is 14.4. The molecule has 1 amide bonds. The molecule has 0 saturated carbocycles. The first-order valence-electron chi connectivity index (χ1n) is 15.5. The van der Waals surface area contributed by atoms with E-state index in [1.165, 1.54) is 18.2 Å². The molecule has 0 spiro atoms. The zero-order valence-corrected chi connectivity index (χ0v) is 27.2. The van der Waals surface area contributed by atoms with E-state index >= 15 is 0 Å². The van der Waals surface area contributed by atoms with Crippen molar-refractivity contribution in [3.05, 3.63) is 142 Å². The highest BCUT2D eigenvalue weighted by atomic mass is 32.2. The summed E-state index contributed by atoms with van der Waals surface area (Å²) in [6, 6.07) is 27.7. The molecule has 0 aromatic heterocycles. The quantitative estimate of drug-likeness (QED) is 0.0469. The van der Waals surface area contributed by atoms with Crippen molar-refractivity contribution in [1.82, 2.24) is 10.9 Å². The fourth-order valence-electron chi connectivity index (χ4n) is 5.39. The second-order valence-corrected chi connectivity index (χ2v) is 13.3. The Balaban J connectivity index is 1.57. The van der Waals surface area contributed by atoms with E-state index in [0.717, 1.165) is 0 Å². The maximum absolute atomic E-state index is 14.4. The molecule has 1 aliphatic rings. The molecule has 0 bridgehead atoms. The number of ether oxygens (including phenoxy) is 2. The summed E-state index contributed by atoms with van der Waals surface area (Å²) in [5, 5.41) is 12.8. The summed E-state index contributed by atoms with van der Waals surface area (Å²) < 4.78 is 53.7. The van der Waals surface area contributed by atoms with Gasteiger partial charge in [-0.1, -0.05) is 65.8 Å². The third-order valence-corrected chi connectivity index (χ3v) is 9.70. The first-order chi connectivity index (χ1) is 23.8. The molecule has 0 radical (unpaired) electrons. The van der Waals surface area contributed by atoms with Crippen molar-refractivity contribution >= 4 is 21.6 Å². The van der Waals surface area contributed by atoms with Gasteiger partial charge in [-0.25, -0.2) is 23.2 Å². The van der Waals surface area contributed by atoms with Crippen molar-refractivity contribution in [2.75, 3.05) is 19.0 Å². The van der Waals surface area contributed by atoms with E-state index in [9.17, 15) is 17.6 Å². The molecule has 5 rings (SSSR count). The van der Waals surface area contributed by atoms with Gasteiger partial charge in [0, 0.05) is 42.0 Å². The van der Waals surface area contributed by atoms with Crippen LogP contribution in [0, 0.1) is 5.82 Å². The fourth-order valence-corrected chi connectivity index (χ4v) is 6.78. The highest BCUT2D eigenvalue weighted by Gasteiger charge is 2.54. The van der Waals surface area contributed by atoms with Gasteiger partial charge < -0.3 is 14.6 Å². The summed E-state index contributed by atoms with van der Waals surface area (Å²) in [7, 11) is -3.89. The Labute approximate surface area is 283 Å². The van der Waals surface area contributed by atoms with Gasteiger partial charge in [0.25, 0.3) is 5.91 Å².